The molecule has 2 heterocycles. The van der Waals surface area contributed by atoms with Crippen LogP contribution in [0.4, 0.5) is 11.4 Å². The molecule has 0 bridgehead atoms. The summed E-state index contributed by atoms with van der Waals surface area (Å²) in [6.07, 6.45) is 7.43. The summed E-state index contributed by atoms with van der Waals surface area (Å²) in [5.74, 6) is 0. The molecule has 1 saturated heterocycles. The van der Waals surface area contributed by atoms with Gasteiger partial charge in [-0.25, -0.2) is 0 Å². The smallest absolute Gasteiger partial charge is 0.455 e. The molecule has 212 valence electrons. The van der Waals surface area contributed by atoms with Gasteiger partial charge >= 0.3 is 7.12 Å². The van der Waals surface area contributed by atoms with E-state index in [1.54, 1.807) is 0 Å². The fraction of sp³-hybridized carbons (Fsp3) is 0.243. The number of anilines is 2. The Labute approximate surface area is 249 Å². The van der Waals surface area contributed by atoms with Crippen LogP contribution < -0.4 is 10.4 Å². The van der Waals surface area contributed by atoms with Crippen molar-refractivity contribution >= 4 is 45.9 Å². The monoisotopic (exact) mass is 555 g/mol. The van der Waals surface area contributed by atoms with Crippen molar-refractivity contribution in [1.82, 2.24) is 0 Å². The van der Waals surface area contributed by atoms with Crippen LogP contribution in [-0.4, -0.2) is 18.3 Å². The van der Waals surface area contributed by atoms with E-state index in [0.717, 1.165) is 62.0 Å². The Morgan fingerprint density at radius 1 is 0.762 bits per heavy atom. The number of allylic oxidation sites excluding steroid dienone is 3. The summed E-state index contributed by atoms with van der Waals surface area (Å²) < 4.78 is 18.9. The third-order valence-electron chi connectivity index (χ3n) is 8.53. The molecule has 4 aromatic carbocycles. The van der Waals surface area contributed by atoms with Crippen molar-refractivity contribution in [2.24, 2.45) is 0 Å². The van der Waals surface area contributed by atoms with Crippen molar-refractivity contribution in [2.45, 2.75) is 59.2 Å². The fourth-order valence-corrected chi connectivity index (χ4v) is 5.59. The molecule has 1 aliphatic rings. The van der Waals surface area contributed by atoms with E-state index in [0.29, 0.717) is 0 Å². The van der Waals surface area contributed by atoms with Crippen molar-refractivity contribution in [3.8, 4) is 11.1 Å². The van der Waals surface area contributed by atoms with Gasteiger partial charge in [0.15, 0.2) is 0 Å². The summed E-state index contributed by atoms with van der Waals surface area (Å²) in [6, 6.07) is 31.9. The number of rotatable bonds is 7. The van der Waals surface area contributed by atoms with Gasteiger partial charge in [0.05, 0.1) is 11.2 Å². The van der Waals surface area contributed by atoms with Crippen molar-refractivity contribution < 1.29 is 13.7 Å². The standard InChI is InChI=1S/C37H38BNO3/c1-7-12-28(13-8-2)39(30-24-20-27(21-25-30)38-41-36(3,4)37(5,6)42-38)29-22-18-26(19-23-29)31-15-11-16-33-32-14-9-10-17-34(32)40-35(31)33/h7,9-25H,8H2,1-6H3/b12-7-,28-13+. The van der Waals surface area contributed by atoms with Crippen molar-refractivity contribution in [3.05, 3.63) is 115 Å². The first-order valence-corrected chi connectivity index (χ1v) is 14.8. The minimum absolute atomic E-state index is 0.375. The maximum absolute atomic E-state index is 6.32. The first kappa shape index (κ1) is 28.1. The second-order valence-corrected chi connectivity index (χ2v) is 11.9. The van der Waals surface area contributed by atoms with E-state index in [9.17, 15) is 0 Å². The van der Waals surface area contributed by atoms with Crippen LogP contribution >= 0.6 is 0 Å². The van der Waals surface area contributed by atoms with Gasteiger partial charge in [-0.2, -0.15) is 0 Å². The number of fused-ring (bicyclic) bond motifs is 3. The van der Waals surface area contributed by atoms with Crippen LogP contribution in [0.2, 0.25) is 0 Å². The zero-order valence-electron chi connectivity index (χ0n) is 25.3. The molecule has 0 aliphatic carbocycles. The number of para-hydroxylation sites is 2. The molecule has 1 aliphatic heterocycles. The van der Waals surface area contributed by atoms with E-state index < -0.39 is 0 Å². The topological polar surface area (TPSA) is 34.8 Å². The second-order valence-electron chi connectivity index (χ2n) is 11.9. The minimum Gasteiger partial charge on any atom is -0.455 e. The van der Waals surface area contributed by atoms with Gasteiger partial charge in [-0.15, -0.1) is 0 Å². The molecule has 5 heteroatoms. The first-order chi connectivity index (χ1) is 20.2. The van der Waals surface area contributed by atoms with E-state index in [-0.39, 0.29) is 18.3 Å². The molecular formula is C37H38BNO3. The highest BCUT2D eigenvalue weighted by Crippen LogP contribution is 2.39. The predicted molar refractivity (Wildman–Crippen MR) is 177 cm³/mol. The normalized spacial score (nSPS) is 16.6. The highest BCUT2D eigenvalue weighted by atomic mass is 16.7. The molecule has 6 rings (SSSR count). The molecule has 1 fully saturated rings. The van der Waals surface area contributed by atoms with Gasteiger partial charge in [0.1, 0.15) is 11.2 Å². The Hall–Kier alpha value is -4.06. The highest BCUT2D eigenvalue weighted by Gasteiger charge is 2.51. The molecule has 1 aromatic heterocycles. The summed E-state index contributed by atoms with van der Waals surface area (Å²) in [6.45, 7) is 12.6. The largest absolute Gasteiger partial charge is 0.494 e. The van der Waals surface area contributed by atoms with Crippen LogP contribution in [-0.2, 0) is 9.31 Å². The van der Waals surface area contributed by atoms with Crippen LogP contribution in [0.25, 0.3) is 33.1 Å². The molecule has 0 radical (unpaired) electrons. The maximum atomic E-state index is 6.32. The van der Waals surface area contributed by atoms with Crippen LogP contribution in [0.5, 0.6) is 0 Å². The van der Waals surface area contributed by atoms with Crippen molar-refractivity contribution in [3.63, 3.8) is 0 Å². The lowest BCUT2D eigenvalue weighted by Crippen LogP contribution is -2.41. The van der Waals surface area contributed by atoms with Gasteiger partial charge in [0, 0.05) is 33.4 Å². The van der Waals surface area contributed by atoms with Crippen LogP contribution in [0, 0.1) is 0 Å². The van der Waals surface area contributed by atoms with Crippen molar-refractivity contribution in [1.29, 1.82) is 0 Å². The van der Waals surface area contributed by atoms with Crippen molar-refractivity contribution in [2.75, 3.05) is 4.90 Å². The summed E-state index contributed by atoms with van der Waals surface area (Å²) in [4.78, 5) is 2.29. The summed E-state index contributed by atoms with van der Waals surface area (Å²) in [5.41, 5.74) is 7.57. The van der Waals surface area contributed by atoms with E-state index in [1.807, 2.05) is 12.1 Å². The van der Waals surface area contributed by atoms with Crippen LogP contribution in [0.1, 0.15) is 48.0 Å². The first-order valence-electron chi connectivity index (χ1n) is 14.8. The predicted octanol–water partition coefficient (Wildman–Crippen LogP) is 9.56. The highest BCUT2D eigenvalue weighted by molar-refractivity contribution is 6.62. The third kappa shape index (κ3) is 4.97. The molecular weight excluding hydrogens is 517 g/mol. The lowest BCUT2D eigenvalue weighted by Gasteiger charge is -2.32. The van der Waals surface area contributed by atoms with Gasteiger partial charge in [0.2, 0.25) is 0 Å². The van der Waals surface area contributed by atoms with E-state index in [2.05, 4.69) is 144 Å². The van der Waals surface area contributed by atoms with E-state index in [1.165, 1.54) is 0 Å². The lowest BCUT2D eigenvalue weighted by molar-refractivity contribution is 0.00578. The van der Waals surface area contributed by atoms with Gasteiger partial charge in [-0.3, -0.25) is 0 Å². The molecule has 0 amide bonds. The SMILES string of the molecule is C/C=C\C(=C/CC)N(c1ccc(B2OC(C)(C)C(C)(C)O2)cc1)c1ccc(-c2cccc3c2oc2ccccc23)cc1. The van der Waals surface area contributed by atoms with Gasteiger partial charge in [-0.05, 0) is 88.5 Å². The Morgan fingerprint density at radius 3 is 2.02 bits per heavy atom. The Bertz CT molecular complexity index is 1760. The Morgan fingerprint density at radius 2 is 1.38 bits per heavy atom. The third-order valence-corrected chi connectivity index (χ3v) is 8.53. The molecule has 42 heavy (non-hydrogen) atoms. The van der Waals surface area contributed by atoms with Gasteiger partial charge < -0.3 is 18.6 Å². The minimum atomic E-state index is -0.390. The zero-order chi connectivity index (χ0) is 29.5. The molecule has 0 spiro atoms. The number of nitrogens with zero attached hydrogens (tertiary/aromatic N) is 1. The summed E-state index contributed by atoms with van der Waals surface area (Å²) >= 11 is 0. The molecule has 0 N–H and O–H groups in total. The van der Waals surface area contributed by atoms with Crippen LogP contribution in [0.3, 0.4) is 0 Å². The second kappa shape index (κ2) is 11.0. The van der Waals surface area contributed by atoms with Crippen LogP contribution in [0.15, 0.2) is 119 Å². The van der Waals surface area contributed by atoms with E-state index >= 15 is 0 Å². The number of benzene rings is 4. The fourth-order valence-electron chi connectivity index (χ4n) is 5.59. The molecule has 5 aromatic rings. The number of hydrogen-bond donors (Lipinski definition) is 0. The molecule has 0 atom stereocenters. The number of hydrogen-bond acceptors (Lipinski definition) is 4. The quantitative estimate of drug-likeness (QED) is 0.148. The average Bonchev–Trinajstić information content (AvgIpc) is 3.47. The number of furan rings is 1. The lowest BCUT2D eigenvalue weighted by atomic mass is 9.79. The van der Waals surface area contributed by atoms with Gasteiger partial charge in [-0.1, -0.05) is 79.7 Å². The summed E-state index contributed by atoms with van der Waals surface area (Å²) in [5, 5.41) is 2.28. The Kier molecular flexibility index (Phi) is 7.34. The maximum Gasteiger partial charge on any atom is 0.494 e. The molecule has 0 unspecified atom stereocenters. The van der Waals surface area contributed by atoms with E-state index in [4.69, 9.17) is 13.7 Å². The van der Waals surface area contributed by atoms with Gasteiger partial charge in [0.25, 0.3) is 0 Å². The summed E-state index contributed by atoms with van der Waals surface area (Å²) in [7, 11) is -0.390. The molecule has 4 nitrogen and oxygen atoms in total. The Balaban J connectivity index is 1.37. The average molecular weight is 556 g/mol. The zero-order valence-corrected chi connectivity index (χ0v) is 25.3. The molecule has 0 saturated carbocycles.